The molecule has 0 radical (unpaired) electrons. The van der Waals surface area contributed by atoms with Gasteiger partial charge in [0.1, 0.15) is 15.6 Å². The van der Waals surface area contributed by atoms with Crippen molar-refractivity contribution < 1.29 is 14.6 Å². The van der Waals surface area contributed by atoms with E-state index in [1.54, 1.807) is 19.1 Å². The number of hydrogen-bond acceptors (Lipinski definition) is 4. The number of ether oxygens (including phenoxy) is 1. The number of aromatic carboxylic acids is 1. The number of hydrogen-bond donors (Lipinski definition) is 1. The van der Waals surface area contributed by atoms with Gasteiger partial charge in [-0.15, -0.1) is 11.3 Å². The lowest BCUT2D eigenvalue weighted by atomic mass is 10.2. The Labute approximate surface area is 133 Å². The van der Waals surface area contributed by atoms with Crippen LogP contribution in [-0.2, 0) is 0 Å². The number of thiazole rings is 1. The highest BCUT2D eigenvalue weighted by molar-refractivity contribution is 9.10. The van der Waals surface area contributed by atoms with Crippen molar-refractivity contribution in [1.29, 1.82) is 0 Å². The van der Waals surface area contributed by atoms with E-state index in [1.807, 2.05) is 6.92 Å². The predicted molar refractivity (Wildman–Crippen MR) is 83.1 cm³/mol. The van der Waals surface area contributed by atoms with Crippen molar-refractivity contribution in [2.75, 3.05) is 6.61 Å². The minimum Gasteiger partial charge on any atom is -0.492 e. The first-order chi connectivity index (χ1) is 9.43. The van der Waals surface area contributed by atoms with Crippen molar-refractivity contribution in [2.24, 2.45) is 0 Å². The molecule has 0 bridgehead atoms. The number of rotatable bonds is 4. The topological polar surface area (TPSA) is 59.4 Å². The van der Waals surface area contributed by atoms with Gasteiger partial charge in [0, 0.05) is 5.02 Å². The number of carbonyl (C=O) groups is 1. The van der Waals surface area contributed by atoms with E-state index < -0.39 is 5.97 Å². The molecule has 0 aliphatic rings. The highest BCUT2D eigenvalue weighted by Gasteiger charge is 2.19. The number of aryl methyl sites for hydroxylation is 1. The van der Waals surface area contributed by atoms with E-state index in [-0.39, 0.29) is 4.88 Å². The van der Waals surface area contributed by atoms with Gasteiger partial charge in [-0.05, 0) is 41.9 Å². The fourth-order valence-electron chi connectivity index (χ4n) is 1.72. The predicted octanol–water partition coefficient (Wildman–Crippen LogP) is 4.63. The Bertz CT molecular complexity index is 672. The zero-order chi connectivity index (χ0) is 14.9. The molecule has 20 heavy (non-hydrogen) atoms. The fourth-order valence-corrected chi connectivity index (χ4v) is 3.56. The minimum absolute atomic E-state index is 0.221. The van der Waals surface area contributed by atoms with Crippen molar-refractivity contribution in [3.63, 3.8) is 0 Å². The second kappa shape index (κ2) is 6.11. The Hall–Kier alpha value is -1.11. The molecule has 106 valence electrons. The smallest absolute Gasteiger partial charge is 0.347 e. The van der Waals surface area contributed by atoms with Crippen molar-refractivity contribution in [3.05, 3.63) is 32.2 Å². The van der Waals surface area contributed by atoms with E-state index in [2.05, 4.69) is 20.9 Å². The van der Waals surface area contributed by atoms with Gasteiger partial charge >= 0.3 is 5.97 Å². The third-order valence-corrected chi connectivity index (χ3v) is 4.50. The molecule has 1 heterocycles. The fraction of sp³-hybridized carbons (Fsp3) is 0.231. The van der Waals surface area contributed by atoms with E-state index in [9.17, 15) is 4.79 Å². The lowest BCUT2D eigenvalue weighted by molar-refractivity contribution is 0.0701. The summed E-state index contributed by atoms with van der Waals surface area (Å²) in [5, 5.41) is 10.2. The largest absolute Gasteiger partial charge is 0.492 e. The third kappa shape index (κ3) is 2.97. The highest BCUT2D eigenvalue weighted by Crippen LogP contribution is 2.41. The number of benzene rings is 1. The van der Waals surface area contributed by atoms with E-state index in [0.29, 0.717) is 38.1 Å². The quantitative estimate of drug-likeness (QED) is 0.845. The maximum atomic E-state index is 11.1. The first-order valence-corrected chi connectivity index (χ1v) is 7.75. The van der Waals surface area contributed by atoms with Crippen LogP contribution in [0.5, 0.6) is 5.75 Å². The second-order valence-electron chi connectivity index (χ2n) is 3.94. The molecule has 4 nitrogen and oxygen atoms in total. The monoisotopic (exact) mass is 375 g/mol. The molecule has 0 spiro atoms. The molecule has 2 rings (SSSR count). The maximum Gasteiger partial charge on any atom is 0.347 e. The lowest BCUT2D eigenvalue weighted by Gasteiger charge is -2.11. The summed E-state index contributed by atoms with van der Waals surface area (Å²) in [6.45, 7) is 4.04. The van der Waals surface area contributed by atoms with Crippen molar-refractivity contribution in [1.82, 2.24) is 4.98 Å². The summed E-state index contributed by atoms with van der Waals surface area (Å²) in [5.74, 6) is -0.368. The SMILES string of the molecule is CCOc1c(Br)cc(Cl)cc1-c1nc(C)c(C(=O)O)s1. The van der Waals surface area contributed by atoms with Gasteiger partial charge in [0.25, 0.3) is 0 Å². The van der Waals surface area contributed by atoms with Gasteiger partial charge in [-0.1, -0.05) is 11.6 Å². The van der Waals surface area contributed by atoms with Crippen LogP contribution in [0.3, 0.4) is 0 Å². The van der Waals surface area contributed by atoms with Gasteiger partial charge in [0.2, 0.25) is 0 Å². The zero-order valence-corrected chi connectivity index (χ0v) is 13.9. The van der Waals surface area contributed by atoms with Gasteiger partial charge in [-0.3, -0.25) is 0 Å². The summed E-state index contributed by atoms with van der Waals surface area (Å²) < 4.78 is 6.31. The number of carboxylic acids is 1. The second-order valence-corrected chi connectivity index (χ2v) is 6.23. The first kappa shape index (κ1) is 15.3. The summed E-state index contributed by atoms with van der Waals surface area (Å²) >= 11 is 10.6. The van der Waals surface area contributed by atoms with Crippen LogP contribution in [0.2, 0.25) is 5.02 Å². The van der Waals surface area contributed by atoms with Crippen molar-refractivity contribution >= 4 is 44.8 Å². The van der Waals surface area contributed by atoms with Crippen LogP contribution in [0.4, 0.5) is 0 Å². The van der Waals surface area contributed by atoms with Crippen LogP contribution in [0, 0.1) is 6.92 Å². The molecular formula is C13H11BrClNO3S. The molecule has 0 unspecified atom stereocenters. The van der Waals surface area contributed by atoms with Gasteiger partial charge in [0.15, 0.2) is 0 Å². The lowest BCUT2D eigenvalue weighted by Crippen LogP contribution is -1.95. The Morgan fingerprint density at radius 3 is 2.80 bits per heavy atom. The van der Waals surface area contributed by atoms with Crippen molar-refractivity contribution in [3.8, 4) is 16.3 Å². The minimum atomic E-state index is -0.981. The van der Waals surface area contributed by atoms with Crippen LogP contribution in [-0.4, -0.2) is 22.7 Å². The van der Waals surface area contributed by atoms with E-state index in [0.717, 1.165) is 11.3 Å². The van der Waals surface area contributed by atoms with Gasteiger partial charge in [-0.2, -0.15) is 0 Å². The molecular weight excluding hydrogens is 366 g/mol. The summed E-state index contributed by atoms with van der Waals surface area (Å²) in [7, 11) is 0. The van der Waals surface area contributed by atoms with Crippen molar-refractivity contribution in [2.45, 2.75) is 13.8 Å². The zero-order valence-electron chi connectivity index (χ0n) is 10.7. The number of halogens is 2. The third-order valence-electron chi connectivity index (χ3n) is 2.52. The van der Waals surface area contributed by atoms with Crippen LogP contribution in [0.1, 0.15) is 22.3 Å². The molecule has 0 saturated carbocycles. The van der Waals surface area contributed by atoms with E-state index in [4.69, 9.17) is 21.4 Å². The van der Waals surface area contributed by atoms with Gasteiger partial charge in [-0.25, -0.2) is 9.78 Å². The molecule has 0 amide bonds. The maximum absolute atomic E-state index is 11.1. The average Bonchev–Trinajstić information content (AvgIpc) is 2.74. The normalized spacial score (nSPS) is 10.6. The van der Waals surface area contributed by atoms with Crippen LogP contribution in [0.25, 0.3) is 10.6 Å². The molecule has 0 fully saturated rings. The average molecular weight is 377 g/mol. The van der Waals surface area contributed by atoms with Crippen LogP contribution in [0.15, 0.2) is 16.6 Å². The standard InChI is InChI=1S/C13H11BrClNO3S/c1-3-19-10-8(4-7(15)5-9(10)14)12-16-6(2)11(20-12)13(17)18/h4-5H,3H2,1-2H3,(H,17,18). The molecule has 0 saturated heterocycles. The van der Waals surface area contributed by atoms with E-state index >= 15 is 0 Å². The summed E-state index contributed by atoms with van der Waals surface area (Å²) in [4.78, 5) is 15.6. The molecule has 7 heteroatoms. The van der Waals surface area contributed by atoms with Crippen LogP contribution >= 0.6 is 38.9 Å². The number of aromatic nitrogens is 1. The number of nitrogens with zero attached hydrogens (tertiary/aromatic N) is 1. The Morgan fingerprint density at radius 1 is 1.55 bits per heavy atom. The van der Waals surface area contributed by atoms with Crippen LogP contribution < -0.4 is 4.74 Å². The molecule has 1 N–H and O–H groups in total. The van der Waals surface area contributed by atoms with E-state index in [1.165, 1.54) is 0 Å². The molecule has 1 aromatic carbocycles. The number of carboxylic acid groups (broad SMARTS) is 1. The van der Waals surface area contributed by atoms with Gasteiger partial charge in [0.05, 0.1) is 22.3 Å². The Morgan fingerprint density at radius 2 is 2.25 bits per heavy atom. The summed E-state index contributed by atoms with van der Waals surface area (Å²) in [6.07, 6.45) is 0. The molecule has 2 aromatic rings. The Balaban J connectivity index is 2.62. The first-order valence-electron chi connectivity index (χ1n) is 5.77. The molecule has 1 aromatic heterocycles. The highest BCUT2D eigenvalue weighted by atomic mass is 79.9. The Kier molecular flexibility index (Phi) is 4.67. The summed E-state index contributed by atoms with van der Waals surface area (Å²) in [5.41, 5.74) is 1.17. The van der Waals surface area contributed by atoms with Gasteiger partial charge < -0.3 is 9.84 Å². The molecule has 0 aliphatic heterocycles. The summed E-state index contributed by atoms with van der Waals surface area (Å²) in [6, 6.07) is 3.45. The molecule has 0 aliphatic carbocycles. The molecule has 0 atom stereocenters.